The Morgan fingerprint density at radius 2 is 1.62 bits per heavy atom. The lowest BCUT2D eigenvalue weighted by molar-refractivity contribution is -0.224. The average Bonchev–Trinajstić information content (AvgIpc) is 2.51. The van der Waals surface area contributed by atoms with E-state index in [9.17, 15) is 25.5 Å². The fraction of sp³-hybridized carbons (Fsp3) is 0.571. The van der Waals surface area contributed by atoms with Gasteiger partial charge in [0.2, 0.25) is 0 Å². The first-order chi connectivity index (χ1) is 10.1. The van der Waals surface area contributed by atoms with E-state index in [2.05, 4.69) is 5.32 Å². The van der Waals surface area contributed by atoms with Gasteiger partial charge in [0.05, 0.1) is 19.3 Å². The molecule has 1 aromatic rings. The zero-order valence-electron chi connectivity index (χ0n) is 11.6. The number of piperidine rings is 1. The molecular formula is C14H22N2O5. The highest BCUT2D eigenvalue weighted by molar-refractivity contribution is 5.14. The van der Waals surface area contributed by atoms with Gasteiger partial charge in [-0.2, -0.15) is 0 Å². The molecule has 0 spiro atoms. The van der Waals surface area contributed by atoms with Gasteiger partial charge in [-0.3, -0.25) is 4.90 Å². The van der Waals surface area contributed by atoms with Crippen LogP contribution in [0.25, 0.3) is 0 Å². The second-order valence-corrected chi connectivity index (χ2v) is 5.22. The molecule has 7 heteroatoms. The molecule has 0 amide bonds. The van der Waals surface area contributed by atoms with Crippen molar-refractivity contribution >= 4 is 0 Å². The summed E-state index contributed by atoms with van der Waals surface area (Å²) in [5.41, 5.74) is 1.05. The van der Waals surface area contributed by atoms with Gasteiger partial charge in [0.25, 0.3) is 0 Å². The number of nitrogens with one attached hydrogen (secondary N) is 1. The van der Waals surface area contributed by atoms with E-state index >= 15 is 0 Å². The van der Waals surface area contributed by atoms with E-state index in [0.717, 1.165) is 5.56 Å². The predicted octanol–water partition coefficient (Wildman–Crippen LogP) is -2.19. The maximum atomic E-state index is 9.98. The first-order valence-corrected chi connectivity index (χ1v) is 6.89. The van der Waals surface area contributed by atoms with Gasteiger partial charge < -0.3 is 30.8 Å². The molecule has 2 rings (SSSR count). The lowest BCUT2D eigenvalue weighted by Crippen LogP contribution is -2.68. The highest BCUT2D eigenvalue weighted by atomic mass is 16.4. The molecule has 1 fully saturated rings. The van der Waals surface area contributed by atoms with Gasteiger partial charge in [-0.1, -0.05) is 30.3 Å². The van der Waals surface area contributed by atoms with Crippen LogP contribution < -0.4 is 5.32 Å². The molecule has 6 N–H and O–H groups in total. The van der Waals surface area contributed by atoms with Crippen LogP contribution in [0.3, 0.4) is 0 Å². The number of aliphatic hydroxyl groups excluding tert-OH is 5. The van der Waals surface area contributed by atoms with Crippen LogP contribution in [0.5, 0.6) is 0 Å². The van der Waals surface area contributed by atoms with E-state index in [-0.39, 0.29) is 6.67 Å². The van der Waals surface area contributed by atoms with Crippen molar-refractivity contribution in [3.8, 4) is 0 Å². The van der Waals surface area contributed by atoms with E-state index in [0.29, 0.717) is 6.54 Å². The van der Waals surface area contributed by atoms with Crippen molar-refractivity contribution in [1.82, 2.24) is 10.2 Å². The highest BCUT2D eigenvalue weighted by Gasteiger charge is 2.46. The van der Waals surface area contributed by atoms with Crippen molar-refractivity contribution in [1.29, 1.82) is 0 Å². The minimum atomic E-state index is -1.48. The molecule has 0 saturated carbocycles. The number of hydrogen-bond donors (Lipinski definition) is 6. The lowest BCUT2D eigenvalue weighted by atomic mass is 9.93. The van der Waals surface area contributed by atoms with Crippen LogP contribution >= 0.6 is 0 Å². The zero-order valence-corrected chi connectivity index (χ0v) is 11.6. The summed E-state index contributed by atoms with van der Waals surface area (Å²) in [5, 5.41) is 51.6. The van der Waals surface area contributed by atoms with E-state index in [1.807, 2.05) is 30.3 Å². The minimum Gasteiger partial charge on any atom is -0.395 e. The average molecular weight is 298 g/mol. The third kappa shape index (κ3) is 3.58. The quantitative estimate of drug-likeness (QED) is 0.366. The summed E-state index contributed by atoms with van der Waals surface area (Å²) >= 11 is 0. The van der Waals surface area contributed by atoms with Gasteiger partial charge in [-0.25, -0.2) is 0 Å². The number of rotatable bonds is 5. The van der Waals surface area contributed by atoms with Crippen LogP contribution in [0, 0.1) is 0 Å². The van der Waals surface area contributed by atoms with Crippen molar-refractivity contribution in [3.63, 3.8) is 0 Å². The lowest BCUT2D eigenvalue weighted by Gasteiger charge is -2.46. The molecular weight excluding hydrogens is 276 g/mol. The van der Waals surface area contributed by atoms with Gasteiger partial charge in [0, 0.05) is 6.54 Å². The van der Waals surface area contributed by atoms with E-state index in [1.54, 1.807) is 0 Å². The van der Waals surface area contributed by atoms with E-state index in [4.69, 9.17) is 0 Å². The molecule has 0 aliphatic carbocycles. The molecule has 0 radical (unpaired) electrons. The predicted molar refractivity (Wildman–Crippen MR) is 74.9 cm³/mol. The van der Waals surface area contributed by atoms with Gasteiger partial charge in [0.15, 0.2) is 0 Å². The molecule has 1 aromatic carbocycles. The molecule has 7 nitrogen and oxygen atoms in total. The van der Waals surface area contributed by atoms with Crippen molar-refractivity contribution < 1.29 is 25.5 Å². The Balaban J connectivity index is 1.96. The summed E-state index contributed by atoms with van der Waals surface area (Å²) < 4.78 is 0. The summed E-state index contributed by atoms with van der Waals surface area (Å²) in [6.45, 7) is 0.258. The van der Waals surface area contributed by atoms with Crippen molar-refractivity contribution in [3.05, 3.63) is 35.9 Å². The third-order valence-corrected chi connectivity index (χ3v) is 3.82. The maximum absolute atomic E-state index is 9.98. The number of benzene rings is 1. The Hall–Kier alpha value is -1.06. The molecule has 118 valence electrons. The molecule has 1 aliphatic heterocycles. The minimum absolute atomic E-state index is 0.155. The Morgan fingerprint density at radius 1 is 0.952 bits per heavy atom. The highest BCUT2D eigenvalue weighted by Crippen LogP contribution is 2.22. The van der Waals surface area contributed by atoms with E-state index < -0.39 is 37.2 Å². The summed E-state index contributed by atoms with van der Waals surface area (Å²) in [4.78, 5) is 1.34. The molecule has 21 heavy (non-hydrogen) atoms. The van der Waals surface area contributed by atoms with Crippen LogP contribution in [-0.4, -0.2) is 74.3 Å². The van der Waals surface area contributed by atoms with Crippen LogP contribution in [-0.2, 0) is 6.54 Å². The summed E-state index contributed by atoms with van der Waals surface area (Å²) in [7, 11) is 0. The molecule has 1 heterocycles. The number of aliphatic hydroxyl groups is 5. The SMILES string of the molecule is OC[C@@H]1[C@@H](O)[C@H](O)[C@@H](O)C(O)N1CNCc1ccccc1. The van der Waals surface area contributed by atoms with Crippen LogP contribution in [0.2, 0.25) is 0 Å². The van der Waals surface area contributed by atoms with Gasteiger partial charge in [0.1, 0.15) is 24.5 Å². The number of likely N-dealkylation sites (tertiary alicyclic amines) is 1. The Labute approximate surface area is 123 Å². The summed E-state index contributed by atoms with van der Waals surface area (Å²) in [6, 6.07) is 8.77. The van der Waals surface area contributed by atoms with E-state index in [1.165, 1.54) is 4.90 Å². The van der Waals surface area contributed by atoms with Gasteiger partial charge >= 0.3 is 0 Å². The first kappa shape index (κ1) is 16.3. The van der Waals surface area contributed by atoms with Gasteiger partial charge in [-0.05, 0) is 5.56 Å². The fourth-order valence-corrected chi connectivity index (χ4v) is 2.54. The maximum Gasteiger partial charge on any atom is 0.137 e. The van der Waals surface area contributed by atoms with Crippen molar-refractivity contribution in [2.24, 2.45) is 0 Å². The number of nitrogens with zero attached hydrogens (tertiary/aromatic N) is 1. The summed E-state index contributed by atoms with van der Waals surface area (Å²) in [5.74, 6) is 0. The third-order valence-electron chi connectivity index (χ3n) is 3.82. The zero-order chi connectivity index (χ0) is 15.4. The van der Waals surface area contributed by atoms with Crippen molar-refractivity contribution in [2.45, 2.75) is 37.1 Å². The fourth-order valence-electron chi connectivity index (χ4n) is 2.54. The molecule has 1 saturated heterocycles. The second kappa shape index (κ2) is 7.28. The monoisotopic (exact) mass is 298 g/mol. The molecule has 1 aliphatic rings. The standard InChI is InChI=1S/C14H22N2O5/c17-7-10-11(18)12(19)13(20)14(21)16(10)8-15-6-9-4-2-1-3-5-9/h1-5,10-15,17-21H,6-8H2/t10-,11-,12+,13-,14?/m1/s1. The summed E-state index contributed by atoms with van der Waals surface area (Å²) in [6.07, 6.45) is -5.65. The smallest absolute Gasteiger partial charge is 0.137 e. The van der Waals surface area contributed by atoms with Crippen LogP contribution in [0.15, 0.2) is 30.3 Å². The molecule has 5 atom stereocenters. The van der Waals surface area contributed by atoms with Crippen LogP contribution in [0.1, 0.15) is 5.56 Å². The normalized spacial score (nSPS) is 34.0. The Bertz CT molecular complexity index is 433. The Kier molecular flexibility index (Phi) is 5.65. The largest absolute Gasteiger partial charge is 0.395 e. The van der Waals surface area contributed by atoms with Gasteiger partial charge in [-0.15, -0.1) is 0 Å². The molecule has 0 bridgehead atoms. The first-order valence-electron chi connectivity index (χ1n) is 6.89. The van der Waals surface area contributed by atoms with Crippen molar-refractivity contribution in [2.75, 3.05) is 13.3 Å². The van der Waals surface area contributed by atoms with Crippen LogP contribution in [0.4, 0.5) is 0 Å². The molecule has 0 aromatic heterocycles. The number of hydrogen-bond acceptors (Lipinski definition) is 7. The molecule has 1 unspecified atom stereocenters. The topological polar surface area (TPSA) is 116 Å². The second-order valence-electron chi connectivity index (χ2n) is 5.22. The Morgan fingerprint density at radius 3 is 2.24 bits per heavy atom.